The molecule has 7 atom stereocenters. The van der Waals surface area contributed by atoms with Crippen LogP contribution >= 0.6 is 11.3 Å². The van der Waals surface area contributed by atoms with Crippen LogP contribution in [0.5, 0.6) is 0 Å². The Balaban J connectivity index is 1.11. The topological polar surface area (TPSA) is 162 Å². The van der Waals surface area contributed by atoms with Gasteiger partial charge in [-0.2, -0.15) is 0 Å². The lowest BCUT2D eigenvalue weighted by Gasteiger charge is -2.37. The van der Waals surface area contributed by atoms with Gasteiger partial charge in [0.05, 0.1) is 54.4 Å². The quantitative estimate of drug-likeness (QED) is 0.118. The minimum atomic E-state index is -1.10. The number of nitrogens with one attached hydrogen (secondary N) is 2. The molecule has 0 unspecified atom stereocenters. The minimum Gasteiger partial charge on any atom is -0.464 e. The molecule has 3 saturated heterocycles. The van der Waals surface area contributed by atoms with Crippen LogP contribution in [0.3, 0.4) is 0 Å². The predicted octanol–water partition coefficient (Wildman–Crippen LogP) is 7.74. The molecule has 6 bridgehead atoms. The number of anilines is 1. The number of carbonyl (C=O) groups is 3. The van der Waals surface area contributed by atoms with Gasteiger partial charge in [-0.15, -0.1) is 11.3 Å². The second-order valence-corrected chi connectivity index (χ2v) is 23.4. The number of piperazine rings is 1. The smallest absolute Gasteiger partial charge is 0.324 e. The number of methoxy groups -OCH3 is 1. The lowest BCUT2D eigenvalue weighted by molar-refractivity contribution is -0.156. The van der Waals surface area contributed by atoms with Gasteiger partial charge in [0, 0.05) is 111 Å². The van der Waals surface area contributed by atoms with Gasteiger partial charge >= 0.3 is 5.97 Å². The van der Waals surface area contributed by atoms with Crippen molar-refractivity contribution < 1.29 is 38.1 Å². The number of hydrogen-bond donors (Lipinski definition) is 2. The molecule has 73 heavy (non-hydrogen) atoms. The number of aromatic nitrogens is 3. The number of thiazole rings is 1. The number of hydrazine groups is 1. The van der Waals surface area contributed by atoms with E-state index in [1.54, 1.807) is 7.11 Å². The highest BCUT2D eigenvalue weighted by Crippen LogP contribution is 2.51. The van der Waals surface area contributed by atoms with Gasteiger partial charge in [0.1, 0.15) is 23.2 Å². The molecule has 2 aliphatic carbocycles. The van der Waals surface area contributed by atoms with Gasteiger partial charge in [-0.25, -0.2) is 10.4 Å². The molecule has 6 aliphatic rings. The van der Waals surface area contributed by atoms with Crippen molar-refractivity contribution in [3.63, 3.8) is 0 Å². The number of amides is 2. The Morgan fingerprint density at radius 1 is 1.01 bits per heavy atom. The minimum absolute atomic E-state index is 0.126. The number of esters is 1. The van der Waals surface area contributed by atoms with Crippen LogP contribution in [0, 0.1) is 29.1 Å². The SMILES string of the molecule is CCO[C@@H]1c2nc(cs2)-c2ccc3c(c2)c(c(-c2cc(N4CCN(C5CC5)CC4)cnc2[C@H](C)OC)n3CCOC2CCOCC2)CC(C)(C)COC(=O)[C@@H]2CCCN(N2)C(=O)[C@H]1NC(=O)[C@@H]1[C@@H](C)[C@H]1C(C)C. The number of fused-ring (bicyclic) bond motifs is 6. The fourth-order valence-electron chi connectivity index (χ4n) is 12.2. The number of cyclic esters (lactones) is 1. The summed E-state index contributed by atoms with van der Waals surface area (Å²) in [4.78, 5) is 59.0. The number of ether oxygens (including phenoxy) is 5. The molecule has 5 fully saturated rings. The Kier molecular flexibility index (Phi) is 15.7. The van der Waals surface area contributed by atoms with Crippen LogP contribution in [-0.2, 0) is 51.0 Å². The lowest BCUT2D eigenvalue weighted by atomic mass is 9.84. The van der Waals surface area contributed by atoms with E-state index in [4.69, 9.17) is 33.7 Å². The van der Waals surface area contributed by atoms with Crippen molar-refractivity contribution in [3.05, 3.63) is 52.1 Å². The summed E-state index contributed by atoms with van der Waals surface area (Å²) in [7, 11) is 1.74. The molecule has 2 amide bonds. The van der Waals surface area contributed by atoms with E-state index in [2.05, 4.69) is 90.9 Å². The van der Waals surface area contributed by atoms with Gasteiger partial charge in [0.25, 0.3) is 5.91 Å². The van der Waals surface area contributed by atoms with Crippen LogP contribution in [0.2, 0.25) is 0 Å². The first-order chi connectivity index (χ1) is 35.2. The summed E-state index contributed by atoms with van der Waals surface area (Å²) in [6.45, 7) is 21.8. The van der Waals surface area contributed by atoms with E-state index < -0.39 is 29.6 Å². The molecule has 396 valence electrons. The maximum absolute atomic E-state index is 14.9. The molecule has 10 rings (SSSR count). The second-order valence-electron chi connectivity index (χ2n) is 22.6. The molecule has 3 aromatic heterocycles. The summed E-state index contributed by atoms with van der Waals surface area (Å²) < 4.78 is 33.6. The van der Waals surface area contributed by atoms with Gasteiger partial charge in [0.15, 0.2) is 0 Å². The Hall–Kier alpha value is -4.49. The lowest BCUT2D eigenvalue weighted by Crippen LogP contribution is -2.61. The molecule has 0 radical (unpaired) electrons. The summed E-state index contributed by atoms with van der Waals surface area (Å²) in [6.07, 6.45) is 6.90. The molecule has 2 N–H and O–H groups in total. The molecular formula is C56H78N8O8S. The van der Waals surface area contributed by atoms with E-state index in [-0.39, 0.29) is 55.0 Å². The second kappa shape index (κ2) is 22.0. The average molecular weight is 1020 g/mol. The third-order valence-electron chi connectivity index (χ3n) is 16.4. The summed E-state index contributed by atoms with van der Waals surface area (Å²) in [5, 5.41) is 8.32. The van der Waals surface area contributed by atoms with Crippen molar-refractivity contribution in [2.24, 2.45) is 29.1 Å². The van der Waals surface area contributed by atoms with E-state index in [9.17, 15) is 14.4 Å². The first-order valence-electron chi connectivity index (χ1n) is 27.2. The molecule has 17 heteroatoms. The van der Waals surface area contributed by atoms with Crippen LogP contribution in [0.4, 0.5) is 5.69 Å². The van der Waals surface area contributed by atoms with Crippen LogP contribution < -0.4 is 15.6 Å². The fraction of sp³-hybridized carbons (Fsp3) is 0.661. The Morgan fingerprint density at radius 2 is 1.79 bits per heavy atom. The molecule has 1 aromatic carbocycles. The zero-order valence-electron chi connectivity index (χ0n) is 44.3. The van der Waals surface area contributed by atoms with Crippen molar-refractivity contribution in [3.8, 4) is 22.5 Å². The van der Waals surface area contributed by atoms with Crippen LogP contribution in [0.1, 0.15) is 115 Å². The van der Waals surface area contributed by atoms with E-state index in [1.165, 1.54) is 29.2 Å². The first-order valence-corrected chi connectivity index (χ1v) is 28.1. The summed E-state index contributed by atoms with van der Waals surface area (Å²) in [6, 6.07) is 7.75. The standard InChI is InChI=1S/C56H78N8O8S/c1-9-70-51-49(59-52(65)47-34(4)46(47)33(2)3)54(66)64-18-10-11-43(60-64)55(67)72-32-56(6,7)29-42-40-27-36(44-31-73-53(51)58-44)12-15-45(40)63(23-26-71-39-16-24-69-25-17-39)50(42)41-28-38(30-57-48(41)35(5)68-8)62-21-19-61(20-22-62)37-13-14-37/h12,15,27-28,30-31,33-35,37,39,43,46-47,49,51,60H,9-11,13-14,16-26,29,32H2,1-8H3,(H,59,65)/t34-,35-,43-,46+,47+,49-,51-/m0/s1. The van der Waals surface area contributed by atoms with Crippen LogP contribution in [-0.4, -0.2) is 139 Å². The van der Waals surface area contributed by atoms with Gasteiger partial charge < -0.3 is 38.5 Å². The average Bonchev–Trinajstić information content (AvgIpc) is 4.29. The van der Waals surface area contributed by atoms with Crippen molar-refractivity contribution >= 4 is 45.7 Å². The summed E-state index contributed by atoms with van der Waals surface area (Å²) in [5.74, 6) is -0.436. The number of hydrogen-bond acceptors (Lipinski definition) is 14. The zero-order valence-corrected chi connectivity index (χ0v) is 45.1. The Bertz CT molecular complexity index is 2620. The summed E-state index contributed by atoms with van der Waals surface area (Å²) in [5.41, 5.74) is 10.5. The van der Waals surface area contributed by atoms with E-state index >= 15 is 0 Å². The van der Waals surface area contributed by atoms with Crippen LogP contribution in [0.25, 0.3) is 33.4 Å². The van der Waals surface area contributed by atoms with Gasteiger partial charge in [-0.3, -0.25) is 29.3 Å². The maximum atomic E-state index is 14.9. The molecular weight excluding hydrogens is 945 g/mol. The number of pyridine rings is 1. The molecule has 4 aliphatic heterocycles. The monoisotopic (exact) mass is 1020 g/mol. The predicted molar refractivity (Wildman–Crippen MR) is 282 cm³/mol. The third kappa shape index (κ3) is 11.1. The largest absolute Gasteiger partial charge is 0.464 e. The number of rotatable bonds is 14. The Morgan fingerprint density at radius 3 is 2.51 bits per heavy atom. The zero-order chi connectivity index (χ0) is 51.1. The highest BCUT2D eigenvalue weighted by Gasteiger charge is 2.54. The van der Waals surface area contributed by atoms with Crippen molar-refractivity contribution in [2.45, 2.75) is 136 Å². The van der Waals surface area contributed by atoms with Crippen molar-refractivity contribution in [2.75, 3.05) is 77.8 Å². The van der Waals surface area contributed by atoms with Gasteiger partial charge in [-0.1, -0.05) is 40.7 Å². The summed E-state index contributed by atoms with van der Waals surface area (Å²) >= 11 is 1.42. The van der Waals surface area contributed by atoms with Crippen molar-refractivity contribution in [1.29, 1.82) is 0 Å². The van der Waals surface area contributed by atoms with Gasteiger partial charge in [-0.05, 0) is 100 Å². The number of carbonyl (C=O) groups excluding carboxylic acids is 3. The normalized spacial score (nSPS) is 26.8. The number of benzene rings is 1. The third-order valence-corrected chi connectivity index (χ3v) is 17.3. The van der Waals surface area contributed by atoms with E-state index in [1.807, 2.05) is 18.5 Å². The Labute approximate surface area is 435 Å². The first kappa shape index (κ1) is 52.0. The molecule has 4 aromatic rings. The number of nitrogens with zero attached hydrogens (tertiary/aromatic N) is 6. The van der Waals surface area contributed by atoms with Crippen molar-refractivity contribution in [1.82, 2.24) is 35.2 Å². The van der Waals surface area contributed by atoms with Crippen LogP contribution in [0.15, 0.2) is 35.8 Å². The molecule has 2 saturated carbocycles. The molecule has 7 heterocycles. The van der Waals surface area contributed by atoms with Gasteiger partial charge in [0.2, 0.25) is 5.91 Å². The van der Waals surface area contributed by atoms with E-state index in [0.717, 1.165) is 95.4 Å². The fourth-order valence-corrected chi connectivity index (χ4v) is 13.1. The highest BCUT2D eigenvalue weighted by molar-refractivity contribution is 7.10. The molecule has 16 nitrogen and oxygen atoms in total. The maximum Gasteiger partial charge on any atom is 0.324 e. The highest BCUT2D eigenvalue weighted by atomic mass is 32.1. The molecule has 0 spiro atoms. The van der Waals surface area contributed by atoms with E-state index in [0.29, 0.717) is 63.1 Å².